The van der Waals surface area contributed by atoms with Crippen LogP contribution in [0.5, 0.6) is 0 Å². The van der Waals surface area contributed by atoms with E-state index >= 15 is 0 Å². The summed E-state index contributed by atoms with van der Waals surface area (Å²) < 4.78 is 0. The molecule has 27 heavy (non-hydrogen) atoms. The zero-order valence-corrected chi connectivity index (χ0v) is 15.8. The fourth-order valence-corrected chi connectivity index (χ4v) is 4.66. The summed E-state index contributed by atoms with van der Waals surface area (Å²) in [4.78, 5) is 31.5. The van der Waals surface area contributed by atoms with Gasteiger partial charge in [-0.25, -0.2) is 0 Å². The molecule has 2 saturated heterocycles. The van der Waals surface area contributed by atoms with Crippen LogP contribution in [0.4, 0.5) is 0 Å². The molecule has 140 valence electrons. The number of hydrogen-bond donors (Lipinski definition) is 1. The number of fused-ring (bicyclic) bond motifs is 1. The molecular formula is C21H22ClN3O2. The Morgan fingerprint density at radius 2 is 2.15 bits per heavy atom. The summed E-state index contributed by atoms with van der Waals surface area (Å²) in [5, 5.41) is 3.66. The van der Waals surface area contributed by atoms with Crippen molar-refractivity contribution in [2.24, 2.45) is 0 Å². The summed E-state index contributed by atoms with van der Waals surface area (Å²) in [5.41, 5.74) is 1.10. The highest BCUT2D eigenvalue weighted by Crippen LogP contribution is 2.45. The molecule has 5 nitrogen and oxygen atoms in total. The van der Waals surface area contributed by atoms with Crippen LogP contribution in [0.25, 0.3) is 0 Å². The minimum atomic E-state index is -0.784. The number of aromatic nitrogens is 1. The molecule has 0 radical (unpaired) electrons. The molecule has 2 amide bonds. The number of hydrogen-bond acceptors (Lipinski definition) is 3. The molecule has 2 fully saturated rings. The van der Waals surface area contributed by atoms with Crippen LogP contribution in [0.15, 0.2) is 48.8 Å². The number of pyridine rings is 1. The SMILES string of the molecule is O=C1CCC2CC(C(=O)NCCc3cccnc3)(c3ccccc3Cl)CN12. The van der Waals surface area contributed by atoms with Gasteiger partial charge in [0.05, 0.1) is 5.41 Å². The van der Waals surface area contributed by atoms with Crippen molar-refractivity contribution in [1.82, 2.24) is 15.2 Å². The third-order valence-electron chi connectivity index (χ3n) is 5.72. The van der Waals surface area contributed by atoms with E-state index in [2.05, 4.69) is 10.3 Å². The van der Waals surface area contributed by atoms with Gasteiger partial charge in [0.2, 0.25) is 11.8 Å². The van der Waals surface area contributed by atoms with Crippen molar-refractivity contribution in [2.75, 3.05) is 13.1 Å². The van der Waals surface area contributed by atoms with Crippen molar-refractivity contribution in [3.63, 3.8) is 0 Å². The van der Waals surface area contributed by atoms with Gasteiger partial charge in [0.1, 0.15) is 0 Å². The Bertz CT molecular complexity index is 858. The Hall–Kier alpha value is -2.40. The van der Waals surface area contributed by atoms with E-state index < -0.39 is 5.41 Å². The molecule has 3 heterocycles. The van der Waals surface area contributed by atoms with Gasteiger partial charge in [-0.2, -0.15) is 0 Å². The maximum absolute atomic E-state index is 13.3. The zero-order chi connectivity index (χ0) is 18.9. The molecule has 0 spiro atoms. The van der Waals surface area contributed by atoms with Crippen molar-refractivity contribution < 1.29 is 9.59 Å². The minimum absolute atomic E-state index is 0.0540. The molecule has 1 N–H and O–H groups in total. The number of nitrogens with zero attached hydrogens (tertiary/aromatic N) is 2. The van der Waals surface area contributed by atoms with E-state index in [1.807, 2.05) is 41.3 Å². The van der Waals surface area contributed by atoms with E-state index in [0.717, 1.165) is 17.5 Å². The molecule has 0 aliphatic carbocycles. The highest BCUT2D eigenvalue weighted by Gasteiger charge is 2.54. The number of halogens is 1. The number of carbonyl (C=O) groups is 2. The van der Waals surface area contributed by atoms with E-state index in [1.54, 1.807) is 12.4 Å². The lowest BCUT2D eigenvalue weighted by atomic mass is 9.76. The smallest absolute Gasteiger partial charge is 0.232 e. The summed E-state index contributed by atoms with van der Waals surface area (Å²) in [6.45, 7) is 0.925. The highest BCUT2D eigenvalue weighted by atomic mass is 35.5. The molecule has 2 unspecified atom stereocenters. The monoisotopic (exact) mass is 383 g/mol. The van der Waals surface area contributed by atoms with Crippen molar-refractivity contribution >= 4 is 23.4 Å². The van der Waals surface area contributed by atoms with E-state index in [0.29, 0.717) is 37.4 Å². The predicted molar refractivity (Wildman–Crippen MR) is 103 cm³/mol. The van der Waals surface area contributed by atoms with Crippen LogP contribution in [-0.4, -0.2) is 40.8 Å². The molecule has 2 aromatic rings. The number of amides is 2. The lowest BCUT2D eigenvalue weighted by molar-refractivity contribution is -0.129. The van der Waals surface area contributed by atoms with Crippen LogP contribution < -0.4 is 5.32 Å². The Balaban J connectivity index is 1.56. The van der Waals surface area contributed by atoms with Gasteiger partial charge in [0.15, 0.2) is 0 Å². The normalized spacial score (nSPS) is 24.1. The molecule has 6 heteroatoms. The van der Waals surface area contributed by atoms with Crippen molar-refractivity contribution in [3.05, 3.63) is 64.9 Å². The Morgan fingerprint density at radius 1 is 1.30 bits per heavy atom. The van der Waals surface area contributed by atoms with Gasteiger partial charge >= 0.3 is 0 Å². The number of carbonyl (C=O) groups excluding carboxylic acids is 2. The Labute approximate surface area is 163 Å². The van der Waals surface area contributed by atoms with Gasteiger partial charge in [0, 0.05) is 43.0 Å². The van der Waals surface area contributed by atoms with Gasteiger partial charge < -0.3 is 10.2 Å². The maximum Gasteiger partial charge on any atom is 0.232 e. The zero-order valence-electron chi connectivity index (χ0n) is 15.0. The molecule has 2 aliphatic rings. The average molecular weight is 384 g/mol. The largest absolute Gasteiger partial charge is 0.355 e. The third kappa shape index (κ3) is 3.32. The Kier molecular flexibility index (Phi) is 4.87. The van der Waals surface area contributed by atoms with Crippen LogP contribution in [0, 0.1) is 0 Å². The first kappa shape index (κ1) is 18.0. The molecule has 0 bridgehead atoms. The average Bonchev–Trinajstić information content (AvgIpc) is 3.23. The van der Waals surface area contributed by atoms with Gasteiger partial charge in [-0.15, -0.1) is 0 Å². The molecule has 2 atom stereocenters. The Morgan fingerprint density at radius 3 is 2.89 bits per heavy atom. The van der Waals surface area contributed by atoms with E-state index in [9.17, 15) is 9.59 Å². The molecule has 0 saturated carbocycles. The number of benzene rings is 1. The van der Waals surface area contributed by atoms with Crippen LogP contribution >= 0.6 is 11.6 Å². The second-order valence-corrected chi connectivity index (χ2v) is 7.75. The second-order valence-electron chi connectivity index (χ2n) is 7.35. The predicted octanol–water partition coefficient (Wildman–Crippen LogP) is 2.73. The lowest BCUT2D eigenvalue weighted by Crippen LogP contribution is -2.47. The fraction of sp³-hybridized carbons (Fsp3) is 0.381. The van der Waals surface area contributed by atoms with Gasteiger partial charge in [-0.3, -0.25) is 14.6 Å². The summed E-state index contributed by atoms with van der Waals surface area (Å²) in [6.07, 6.45) is 6.27. The first-order chi connectivity index (χ1) is 13.1. The van der Waals surface area contributed by atoms with Crippen molar-refractivity contribution in [2.45, 2.75) is 37.1 Å². The number of nitrogens with one attached hydrogen (secondary N) is 1. The van der Waals surface area contributed by atoms with Gasteiger partial charge in [0.25, 0.3) is 0 Å². The van der Waals surface area contributed by atoms with Crippen LogP contribution in [0.3, 0.4) is 0 Å². The lowest BCUT2D eigenvalue weighted by Gasteiger charge is -2.29. The van der Waals surface area contributed by atoms with E-state index in [4.69, 9.17) is 11.6 Å². The fourth-order valence-electron chi connectivity index (χ4n) is 4.35. The van der Waals surface area contributed by atoms with Crippen LogP contribution in [0.2, 0.25) is 5.02 Å². The molecule has 1 aromatic carbocycles. The first-order valence-corrected chi connectivity index (χ1v) is 9.70. The minimum Gasteiger partial charge on any atom is -0.355 e. The van der Waals surface area contributed by atoms with Crippen molar-refractivity contribution in [1.29, 1.82) is 0 Å². The molecular weight excluding hydrogens is 362 g/mol. The first-order valence-electron chi connectivity index (χ1n) is 9.32. The number of rotatable bonds is 5. The topological polar surface area (TPSA) is 62.3 Å². The van der Waals surface area contributed by atoms with Crippen LogP contribution in [0.1, 0.15) is 30.4 Å². The summed E-state index contributed by atoms with van der Waals surface area (Å²) in [7, 11) is 0. The molecule has 1 aromatic heterocycles. The van der Waals surface area contributed by atoms with Crippen LogP contribution in [-0.2, 0) is 21.4 Å². The van der Waals surface area contributed by atoms with Crippen molar-refractivity contribution in [3.8, 4) is 0 Å². The standard InChI is InChI=1S/C21H22ClN3O2/c22-18-6-2-1-5-17(18)21(12-16-7-8-19(26)25(16)14-21)20(27)24-11-9-15-4-3-10-23-13-15/h1-6,10,13,16H,7-9,11-12,14H2,(H,24,27). The van der Waals surface area contributed by atoms with E-state index in [-0.39, 0.29) is 17.9 Å². The summed E-state index contributed by atoms with van der Waals surface area (Å²) in [6, 6.07) is 11.5. The van der Waals surface area contributed by atoms with E-state index in [1.165, 1.54) is 0 Å². The summed E-state index contributed by atoms with van der Waals surface area (Å²) in [5.74, 6) is 0.0822. The maximum atomic E-state index is 13.3. The quantitative estimate of drug-likeness (QED) is 0.863. The third-order valence-corrected chi connectivity index (χ3v) is 6.05. The summed E-state index contributed by atoms with van der Waals surface area (Å²) >= 11 is 6.47. The molecule has 2 aliphatic heterocycles. The molecule has 4 rings (SSSR count). The van der Waals surface area contributed by atoms with Gasteiger partial charge in [-0.05, 0) is 42.5 Å². The second kappa shape index (κ2) is 7.31. The van der Waals surface area contributed by atoms with Gasteiger partial charge in [-0.1, -0.05) is 35.9 Å². The highest BCUT2D eigenvalue weighted by molar-refractivity contribution is 6.31.